The van der Waals surface area contributed by atoms with Crippen molar-refractivity contribution in [1.29, 1.82) is 0 Å². The predicted octanol–water partition coefficient (Wildman–Crippen LogP) is 3.82. The first-order valence-electron chi connectivity index (χ1n) is 8.70. The van der Waals surface area contributed by atoms with Crippen molar-refractivity contribution < 1.29 is 42.0 Å². The molecule has 0 spiro atoms. The Morgan fingerprint density at radius 3 is 2.24 bits per heavy atom. The number of imide groups is 2. The van der Waals surface area contributed by atoms with Gasteiger partial charge in [-0.05, 0) is 35.9 Å². The molecule has 0 unspecified atom stereocenters. The molecule has 0 bridgehead atoms. The zero-order valence-corrected chi connectivity index (χ0v) is 17.0. The van der Waals surface area contributed by atoms with Gasteiger partial charge in [0, 0.05) is 6.07 Å². The molecule has 1 aliphatic heterocycles. The maximum absolute atomic E-state index is 12.9. The molecule has 2 N–H and O–H groups in total. The minimum atomic E-state index is -4.81. The number of carbonyl (C=O) groups is 3. The van der Waals surface area contributed by atoms with Crippen LogP contribution in [0.15, 0.2) is 35.9 Å². The van der Waals surface area contributed by atoms with Gasteiger partial charge in [-0.25, -0.2) is 4.79 Å². The number of rotatable bonds is 5. The van der Waals surface area contributed by atoms with Crippen LogP contribution in [0.1, 0.15) is 11.1 Å². The molecule has 1 saturated heterocycles. The molecule has 14 heteroatoms. The molecule has 0 radical (unpaired) electrons. The van der Waals surface area contributed by atoms with E-state index in [1.807, 2.05) is 10.6 Å². The van der Waals surface area contributed by atoms with Gasteiger partial charge in [-0.2, -0.15) is 13.2 Å². The van der Waals surface area contributed by atoms with Gasteiger partial charge in [0.05, 0.1) is 22.6 Å². The molecule has 172 valence electrons. The van der Waals surface area contributed by atoms with E-state index in [-0.39, 0.29) is 22.1 Å². The minimum absolute atomic E-state index is 0.115. The third-order valence-corrected chi connectivity index (χ3v) is 4.48. The van der Waals surface area contributed by atoms with Crippen LogP contribution in [0, 0.1) is 10.1 Å². The summed E-state index contributed by atoms with van der Waals surface area (Å²) in [6, 6.07) is 3.15. The number of carbonyl (C=O) groups excluding carboxylic acids is 3. The van der Waals surface area contributed by atoms with Gasteiger partial charge in [0.1, 0.15) is 5.57 Å². The molecule has 0 saturated carbocycles. The molecule has 0 atom stereocenters. The lowest BCUT2D eigenvalue weighted by Crippen LogP contribution is -2.51. The van der Waals surface area contributed by atoms with E-state index in [2.05, 4.69) is 0 Å². The third kappa shape index (κ3) is 5.03. The Kier molecular flexibility index (Phi) is 6.26. The van der Waals surface area contributed by atoms with Gasteiger partial charge in [-0.3, -0.25) is 30.3 Å². The first-order chi connectivity index (χ1) is 15.4. The third-order valence-electron chi connectivity index (χ3n) is 4.20. The second-order valence-electron chi connectivity index (χ2n) is 6.37. The van der Waals surface area contributed by atoms with Crippen molar-refractivity contribution in [2.45, 2.75) is 6.18 Å². The van der Waals surface area contributed by atoms with Gasteiger partial charge < -0.3 is 9.47 Å². The molecule has 3 rings (SSSR count). The molecule has 1 heterocycles. The van der Waals surface area contributed by atoms with Crippen molar-refractivity contribution in [2.75, 3.05) is 7.11 Å². The topological polar surface area (TPSA) is 137 Å². The van der Waals surface area contributed by atoms with Crippen LogP contribution in [0.2, 0.25) is 5.02 Å². The predicted molar refractivity (Wildman–Crippen MR) is 106 cm³/mol. The summed E-state index contributed by atoms with van der Waals surface area (Å²) in [6.07, 6.45) is -3.72. The van der Waals surface area contributed by atoms with E-state index in [9.17, 15) is 37.7 Å². The number of hydrogen-bond acceptors (Lipinski definition) is 7. The number of methoxy groups -OCH3 is 1. The molecule has 0 aromatic heterocycles. The fraction of sp³-hybridized carbons (Fsp3) is 0.105. The number of nitrogens with one attached hydrogen (secondary N) is 2. The average molecular weight is 486 g/mol. The normalized spacial score (nSPS) is 13.8. The van der Waals surface area contributed by atoms with Crippen molar-refractivity contribution in [2.24, 2.45) is 0 Å². The van der Waals surface area contributed by atoms with Gasteiger partial charge >= 0.3 is 17.9 Å². The van der Waals surface area contributed by atoms with Crippen molar-refractivity contribution >= 4 is 41.2 Å². The van der Waals surface area contributed by atoms with Crippen molar-refractivity contribution in [3.05, 3.63) is 62.2 Å². The summed E-state index contributed by atoms with van der Waals surface area (Å²) >= 11 is 6.17. The summed E-state index contributed by atoms with van der Waals surface area (Å²) in [7, 11) is 1.19. The van der Waals surface area contributed by atoms with Crippen LogP contribution in [-0.4, -0.2) is 29.9 Å². The van der Waals surface area contributed by atoms with Crippen LogP contribution < -0.4 is 20.1 Å². The van der Waals surface area contributed by atoms with Crippen molar-refractivity contribution in [3.8, 4) is 17.2 Å². The Morgan fingerprint density at radius 2 is 1.70 bits per heavy atom. The van der Waals surface area contributed by atoms with E-state index in [4.69, 9.17) is 21.1 Å². The molecule has 33 heavy (non-hydrogen) atoms. The molecule has 1 fully saturated rings. The van der Waals surface area contributed by atoms with Gasteiger partial charge in [0.2, 0.25) is 5.75 Å². The number of barbiturate groups is 1. The molecule has 0 aliphatic carbocycles. The van der Waals surface area contributed by atoms with Crippen LogP contribution >= 0.6 is 11.6 Å². The minimum Gasteiger partial charge on any atom is -0.493 e. The van der Waals surface area contributed by atoms with Crippen LogP contribution in [0.4, 0.5) is 23.7 Å². The highest BCUT2D eigenvalue weighted by molar-refractivity contribution is 6.33. The van der Waals surface area contributed by atoms with Gasteiger partial charge in [-0.15, -0.1) is 0 Å². The number of hydrogen-bond donors (Lipinski definition) is 2. The summed E-state index contributed by atoms with van der Waals surface area (Å²) in [5, 5.41) is 14.8. The van der Waals surface area contributed by atoms with Gasteiger partial charge in [-0.1, -0.05) is 11.6 Å². The molecular weight excluding hydrogens is 475 g/mol. The SMILES string of the molecule is COc1cc(C=C2C(=O)NC(=O)NC2=O)cc(Cl)c1Oc1ccc(C(F)(F)F)cc1[N+](=O)[O-]. The molecule has 1 aliphatic rings. The summed E-state index contributed by atoms with van der Waals surface area (Å²) in [5.41, 5.74) is -2.47. The number of amides is 4. The molecule has 2 aromatic rings. The second kappa shape index (κ2) is 8.78. The van der Waals surface area contributed by atoms with E-state index >= 15 is 0 Å². The monoisotopic (exact) mass is 485 g/mol. The van der Waals surface area contributed by atoms with Crippen LogP contribution in [-0.2, 0) is 15.8 Å². The van der Waals surface area contributed by atoms with Gasteiger partial charge in [0.25, 0.3) is 11.8 Å². The molecule has 2 aromatic carbocycles. The number of urea groups is 1. The number of benzene rings is 2. The van der Waals surface area contributed by atoms with Gasteiger partial charge in [0.15, 0.2) is 11.5 Å². The zero-order valence-electron chi connectivity index (χ0n) is 16.3. The molecular formula is C19H11ClF3N3O7. The Bertz CT molecular complexity index is 1210. The number of nitro benzene ring substituents is 1. The summed E-state index contributed by atoms with van der Waals surface area (Å²) in [4.78, 5) is 45.1. The number of ether oxygens (including phenoxy) is 2. The maximum Gasteiger partial charge on any atom is 0.416 e. The Balaban J connectivity index is 2.02. The van der Waals surface area contributed by atoms with E-state index in [0.717, 1.165) is 12.1 Å². The number of halogens is 4. The average Bonchev–Trinajstić information content (AvgIpc) is 2.71. The van der Waals surface area contributed by atoms with E-state index in [1.165, 1.54) is 19.2 Å². The number of nitro groups is 1. The van der Waals surface area contributed by atoms with Crippen molar-refractivity contribution in [1.82, 2.24) is 10.6 Å². The Labute approximate surface area is 187 Å². The summed E-state index contributed by atoms with van der Waals surface area (Å²) < 4.78 is 49.2. The largest absolute Gasteiger partial charge is 0.493 e. The van der Waals surface area contributed by atoms with E-state index in [1.54, 1.807) is 0 Å². The van der Waals surface area contributed by atoms with Crippen molar-refractivity contribution in [3.63, 3.8) is 0 Å². The second-order valence-corrected chi connectivity index (χ2v) is 6.78. The maximum atomic E-state index is 12.9. The first kappa shape index (κ1) is 23.5. The van der Waals surface area contributed by atoms with Crippen LogP contribution in [0.5, 0.6) is 17.2 Å². The van der Waals surface area contributed by atoms with E-state index in [0.29, 0.717) is 12.1 Å². The fourth-order valence-corrected chi connectivity index (χ4v) is 2.99. The lowest BCUT2D eigenvalue weighted by atomic mass is 10.1. The summed E-state index contributed by atoms with van der Waals surface area (Å²) in [5.74, 6) is -2.84. The quantitative estimate of drug-likeness (QED) is 0.284. The van der Waals surface area contributed by atoms with Crippen LogP contribution in [0.25, 0.3) is 6.08 Å². The standard InChI is InChI=1S/C19H11ClF3N3O7/c1-32-14-6-8(4-10-16(27)24-18(29)25-17(10)28)5-11(20)15(14)33-13-3-2-9(19(21,22)23)7-12(13)26(30)31/h2-7H,1H3,(H2,24,25,27,28,29). The molecule has 10 nitrogen and oxygen atoms in total. The highest BCUT2D eigenvalue weighted by Crippen LogP contribution is 2.43. The highest BCUT2D eigenvalue weighted by Gasteiger charge is 2.34. The lowest BCUT2D eigenvalue weighted by Gasteiger charge is -2.16. The highest BCUT2D eigenvalue weighted by atomic mass is 35.5. The van der Waals surface area contributed by atoms with E-state index < -0.39 is 51.5 Å². The zero-order chi connectivity index (χ0) is 24.5. The number of nitrogens with zero attached hydrogens (tertiary/aromatic N) is 1. The Morgan fingerprint density at radius 1 is 1.06 bits per heavy atom. The fourth-order valence-electron chi connectivity index (χ4n) is 2.73. The first-order valence-corrected chi connectivity index (χ1v) is 9.08. The smallest absolute Gasteiger partial charge is 0.416 e. The number of alkyl halides is 3. The van der Waals surface area contributed by atoms with Crippen LogP contribution in [0.3, 0.4) is 0 Å². The summed E-state index contributed by atoms with van der Waals surface area (Å²) in [6.45, 7) is 0. The molecule has 4 amide bonds. The lowest BCUT2D eigenvalue weighted by molar-refractivity contribution is -0.385. The Hall–Kier alpha value is -4.13.